The first-order valence-corrected chi connectivity index (χ1v) is 8.88. The summed E-state index contributed by atoms with van der Waals surface area (Å²) < 4.78 is 0. The summed E-state index contributed by atoms with van der Waals surface area (Å²) in [5, 5.41) is 14.0. The predicted molar refractivity (Wildman–Crippen MR) is 94.2 cm³/mol. The number of phenolic OH excluding ortho intramolecular Hbond substituents is 1. The van der Waals surface area contributed by atoms with Crippen molar-refractivity contribution in [2.24, 2.45) is 5.92 Å². The summed E-state index contributed by atoms with van der Waals surface area (Å²) in [7, 11) is 0. The van der Waals surface area contributed by atoms with Crippen molar-refractivity contribution in [3.8, 4) is 5.75 Å². The average molecular weight is 342 g/mol. The van der Waals surface area contributed by atoms with Gasteiger partial charge in [-0.05, 0) is 60.4 Å². The van der Waals surface area contributed by atoms with Gasteiger partial charge in [0.2, 0.25) is 5.91 Å². The van der Waals surface area contributed by atoms with Crippen LogP contribution >= 0.6 is 11.6 Å². The Hall–Kier alpha value is -2.00. The molecule has 2 aliphatic rings. The van der Waals surface area contributed by atoms with E-state index in [-0.39, 0.29) is 23.8 Å². The molecule has 2 aromatic carbocycles. The highest BCUT2D eigenvalue weighted by atomic mass is 35.5. The number of fused-ring (bicyclic) bond motifs is 1. The summed E-state index contributed by atoms with van der Waals surface area (Å²) in [5.41, 5.74) is 3.11. The first-order valence-electron chi connectivity index (χ1n) is 8.50. The third-order valence-electron chi connectivity index (χ3n) is 5.23. The molecule has 0 aromatic heterocycles. The highest BCUT2D eigenvalue weighted by Gasteiger charge is 2.45. The number of hydrogen-bond donors (Lipinski definition) is 2. The Kier molecular flexibility index (Phi) is 3.97. The molecule has 0 saturated heterocycles. The number of carbonyl (C=O) groups is 1. The molecular weight excluding hydrogens is 322 g/mol. The molecule has 0 bridgehead atoms. The molecule has 4 rings (SSSR count). The van der Waals surface area contributed by atoms with Crippen LogP contribution in [0, 0.1) is 5.92 Å². The molecule has 2 aromatic rings. The Morgan fingerprint density at radius 2 is 1.92 bits per heavy atom. The molecule has 0 aliphatic heterocycles. The van der Waals surface area contributed by atoms with E-state index in [9.17, 15) is 9.90 Å². The zero-order valence-electron chi connectivity index (χ0n) is 13.3. The van der Waals surface area contributed by atoms with Crippen LogP contribution in [-0.4, -0.2) is 11.0 Å². The summed E-state index contributed by atoms with van der Waals surface area (Å²) in [6.45, 7) is 0. The summed E-state index contributed by atoms with van der Waals surface area (Å²) in [6, 6.07) is 13.3. The van der Waals surface area contributed by atoms with E-state index in [0.717, 1.165) is 47.4 Å². The number of rotatable bonds is 3. The van der Waals surface area contributed by atoms with Gasteiger partial charge in [-0.25, -0.2) is 0 Å². The first-order chi connectivity index (χ1) is 11.6. The quantitative estimate of drug-likeness (QED) is 0.872. The van der Waals surface area contributed by atoms with Crippen molar-refractivity contribution in [3.63, 3.8) is 0 Å². The number of nitrogens with one attached hydrogen (secondary N) is 1. The van der Waals surface area contributed by atoms with Crippen molar-refractivity contribution in [3.05, 3.63) is 64.2 Å². The van der Waals surface area contributed by atoms with Gasteiger partial charge in [-0.2, -0.15) is 0 Å². The number of carbonyl (C=O) groups excluding carboxylic acids is 1. The summed E-state index contributed by atoms with van der Waals surface area (Å²) in [6.07, 6.45) is 3.63. The maximum Gasteiger partial charge on any atom is 0.224 e. The zero-order valence-corrected chi connectivity index (χ0v) is 14.1. The number of amides is 1. The van der Waals surface area contributed by atoms with Gasteiger partial charge in [0.1, 0.15) is 5.75 Å². The minimum atomic E-state index is 0.000783. The lowest BCUT2D eigenvalue weighted by molar-refractivity contribution is -0.123. The number of hydrogen-bond acceptors (Lipinski definition) is 2. The largest absolute Gasteiger partial charge is 0.508 e. The zero-order chi connectivity index (χ0) is 16.7. The van der Waals surface area contributed by atoms with E-state index < -0.39 is 0 Å². The highest BCUT2D eigenvalue weighted by molar-refractivity contribution is 6.31. The third-order valence-corrected chi connectivity index (χ3v) is 5.58. The van der Waals surface area contributed by atoms with Crippen molar-refractivity contribution < 1.29 is 9.90 Å². The van der Waals surface area contributed by atoms with Gasteiger partial charge in [-0.1, -0.05) is 41.9 Å². The predicted octanol–water partition coefficient (Wildman–Crippen LogP) is 4.34. The smallest absolute Gasteiger partial charge is 0.224 e. The van der Waals surface area contributed by atoms with Crippen LogP contribution in [0.25, 0.3) is 0 Å². The molecule has 3 nitrogen and oxygen atoms in total. The molecule has 124 valence electrons. The molecule has 1 amide bonds. The van der Waals surface area contributed by atoms with Gasteiger partial charge in [0.15, 0.2) is 0 Å². The molecule has 0 heterocycles. The minimum Gasteiger partial charge on any atom is -0.508 e. The standard InChI is InChI=1S/C20H20ClNO2/c21-17-8-2-1-5-12(17)15-11-16(15)20(24)22-18-9-3-7-14-13(18)6-4-10-19(14)23/h1-2,4-6,8,10,15-16,18,23H,3,7,9,11H2,(H,22,24)/t15-,16-,18+/m0/s1. The van der Waals surface area contributed by atoms with Gasteiger partial charge in [0, 0.05) is 10.9 Å². The van der Waals surface area contributed by atoms with E-state index in [2.05, 4.69) is 5.32 Å². The van der Waals surface area contributed by atoms with E-state index in [4.69, 9.17) is 11.6 Å². The fraction of sp³-hybridized carbons (Fsp3) is 0.350. The molecule has 0 radical (unpaired) electrons. The van der Waals surface area contributed by atoms with Gasteiger partial charge in [-0.3, -0.25) is 4.79 Å². The molecular formula is C20H20ClNO2. The molecule has 1 fully saturated rings. The Morgan fingerprint density at radius 3 is 2.75 bits per heavy atom. The fourth-order valence-corrected chi connectivity index (χ4v) is 4.14. The van der Waals surface area contributed by atoms with Gasteiger partial charge >= 0.3 is 0 Å². The van der Waals surface area contributed by atoms with E-state index in [1.54, 1.807) is 6.07 Å². The topological polar surface area (TPSA) is 49.3 Å². The van der Waals surface area contributed by atoms with Gasteiger partial charge in [0.25, 0.3) is 0 Å². The molecule has 24 heavy (non-hydrogen) atoms. The van der Waals surface area contributed by atoms with Crippen LogP contribution in [0.5, 0.6) is 5.75 Å². The van der Waals surface area contributed by atoms with Gasteiger partial charge < -0.3 is 10.4 Å². The Morgan fingerprint density at radius 1 is 1.12 bits per heavy atom. The first kappa shape index (κ1) is 15.5. The van der Waals surface area contributed by atoms with Crippen LogP contribution in [0.15, 0.2) is 42.5 Å². The average Bonchev–Trinajstić information content (AvgIpc) is 3.37. The van der Waals surface area contributed by atoms with Crippen molar-refractivity contribution in [2.45, 2.75) is 37.6 Å². The van der Waals surface area contributed by atoms with Crippen LogP contribution in [0.2, 0.25) is 5.02 Å². The fourth-order valence-electron chi connectivity index (χ4n) is 3.86. The Balaban J connectivity index is 1.47. The maximum absolute atomic E-state index is 12.6. The highest BCUT2D eigenvalue weighted by Crippen LogP contribution is 2.50. The molecule has 3 atom stereocenters. The van der Waals surface area contributed by atoms with Crippen molar-refractivity contribution in [1.82, 2.24) is 5.32 Å². The van der Waals surface area contributed by atoms with Crippen molar-refractivity contribution in [2.75, 3.05) is 0 Å². The number of benzene rings is 2. The number of halogens is 1. The van der Waals surface area contributed by atoms with Crippen LogP contribution in [0.1, 0.15) is 47.9 Å². The molecule has 1 saturated carbocycles. The van der Waals surface area contributed by atoms with Crippen LogP contribution in [-0.2, 0) is 11.2 Å². The Bertz CT molecular complexity index is 789. The number of aromatic hydroxyl groups is 1. The van der Waals surface area contributed by atoms with Crippen LogP contribution < -0.4 is 5.32 Å². The second-order valence-corrected chi connectivity index (χ2v) is 7.18. The van der Waals surface area contributed by atoms with Gasteiger partial charge in [-0.15, -0.1) is 0 Å². The maximum atomic E-state index is 12.6. The Labute approximate surface area is 146 Å². The summed E-state index contributed by atoms with van der Waals surface area (Å²) >= 11 is 6.25. The SMILES string of the molecule is O=C(N[C@@H]1CCCc2c(O)cccc21)[C@H]1C[C@H]1c1ccccc1Cl. The normalized spacial score (nSPS) is 25.0. The molecule has 0 unspecified atom stereocenters. The van der Waals surface area contributed by atoms with Crippen LogP contribution in [0.3, 0.4) is 0 Å². The third kappa shape index (κ3) is 2.78. The second-order valence-electron chi connectivity index (χ2n) is 6.77. The van der Waals surface area contributed by atoms with Gasteiger partial charge in [0.05, 0.1) is 6.04 Å². The molecule has 2 aliphatic carbocycles. The second kappa shape index (κ2) is 6.14. The van der Waals surface area contributed by atoms with Crippen LogP contribution in [0.4, 0.5) is 0 Å². The summed E-state index contributed by atoms with van der Waals surface area (Å²) in [5.74, 6) is 0.673. The molecule has 2 N–H and O–H groups in total. The van der Waals surface area contributed by atoms with Crippen molar-refractivity contribution in [1.29, 1.82) is 0 Å². The van der Waals surface area contributed by atoms with Crippen molar-refractivity contribution >= 4 is 17.5 Å². The minimum absolute atomic E-state index is 0.000783. The van der Waals surface area contributed by atoms with E-state index in [1.165, 1.54) is 0 Å². The number of phenols is 1. The summed E-state index contributed by atoms with van der Waals surface area (Å²) in [4.78, 5) is 12.6. The van der Waals surface area contributed by atoms with E-state index in [1.807, 2.05) is 36.4 Å². The van der Waals surface area contributed by atoms with E-state index in [0.29, 0.717) is 5.75 Å². The monoisotopic (exact) mass is 341 g/mol. The van der Waals surface area contributed by atoms with E-state index >= 15 is 0 Å². The lowest BCUT2D eigenvalue weighted by atomic mass is 9.87. The molecule has 0 spiro atoms. The molecule has 4 heteroatoms. The lowest BCUT2D eigenvalue weighted by Crippen LogP contribution is -2.32. The lowest BCUT2D eigenvalue weighted by Gasteiger charge is -2.27.